The van der Waals surface area contributed by atoms with Crippen molar-refractivity contribution in [3.05, 3.63) is 106 Å². The van der Waals surface area contributed by atoms with Gasteiger partial charge in [0.2, 0.25) is 0 Å². The number of aryl methyl sites for hydroxylation is 2. The zero-order chi connectivity index (χ0) is 22.6. The van der Waals surface area contributed by atoms with Gasteiger partial charge in [-0.05, 0) is 85.3 Å². The highest BCUT2D eigenvalue weighted by Gasteiger charge is 2.01. The predicted molar refractivity (Wildman–Crippen MR) is 133 cm³/mol. The van der Waals surface area contributed by atoms with Gasteiger partial charge >= 0.3 is 0 Å². The number of hydrogen-bond donors (Lipinski definition) is 0. The second kappa shape index (κ2) is 12.5. The Kier molecular flexibility index (Phi) is 9.16. The zero-order valence-corrected chi connectivity index (χ0v) is 19.2. The summed E-state index contributed by atoms with van der Waals surface area (Å²) >= 11 is 0. The SMILES string of the molecule is CCCCCc1ccc(C#Cc2ccc(C#Cc3ccc(CCCC)cc3)cc2)c(F)c1. The third-order valence-corrected chi connectivity index (χ3v) is 5.45. The first-order valence-electron chi connectivity index (χ1n) is 11.7. The topological polar surface area (TPSA) is 0 Å². The van der Waals surface area contributed by atoms with Gasteiger partial charge in [-0.25, -0.2) is 4.39 Å². The molecule has 0 nitrogen and oxygen atoms in total. The highest BCUT2D eigenvalue weighted by molar-refractivity contribution is 5.48. The molecule has 0 fully saturated rings. The molecule has 32 heavy (non-hydrogen) atoms. The van der Waals surface area contributed by atoms with Crippen LogP contribution in [0.2, 0.25) is 0 Å². The highest BCUT2D eigenvalue weighted by atomic mass is 19.1. The first-order valence-corrected chi connectivity index (χ1v) is 11.7. The van der Waals surface area contributed by atoms with Crippen LogP contribution in [0.4, 0.5) is 4.39 Å². The molecule has 0 aromatic heterocycles. The van der Waals surface area contributed by atoms with Crippen molar-refractivity contribution < 1.29 is 4.39 Å². The Morgan fingerprint density at radius 2 is 1.06 bits per heavy atom. The number of rotatable bonds is 7. The van der Waals surface area contributed by atoms with E-state index in [1.54, 1.807) is 12.1 Å². The average molecular weight is 423 g/mol. The fourth-order valence-electron chi connectivity index (χ4n) is 3.45. The van der Waals surface area contributed by atoms with E-state index in [0.29, 0.717) is 5.56 Å². The second-order valence-electron chi connectivity index (χ2n) is 8.15. The molecule has 0 unspecified atom stereocenters. The first kappa shape index (κ1) is 23.4. The quantitative estimate of drug-likeness (QED) is 0.270. The van der Waals surface area contributed by atoms with Crippen LogP contribution in [0.3, 0.4) is 0 Å². The maximum absolute atomic E-state index is 14.4. The minimum atomic E-state index is -0.241. The molecule has 1 heteroatoms. The van der Waals surface area contributed by atoms with Gasteiger partial charge in [0.15, 0.2) is 0 Å². The fraction of sp³-hybridized carbons (Fsp3) is 0.290. The molecular formula is C31H31F. The molecule has 0 bridgehead atoms. The molecule has 0 saturated heterocycles. The van der Waals surface area contributed by atoms with Crippen molar-refractivity contribution in [1.29, 1.82) is 0 Å². The van der Waals surface area contributed by atoms with Crippen LogP contribution >= 0.6 is 0 Å². The Hall–Kier alpha value is -3.29. The van der Waals surface area contributed by atoms with E-state index >= 15 is 0 Å². The molecular weight excluding hydrogens is 391 g/mol. The summed E-state index contributed by atoms with van der Waals surface area (Å²) in [6, 6.07) is 21.7. The Balaban J connectivity index is 1.61. The molecule has 0 heterocycles. The lowest BCUT2D eigenvalue weighted by Gasteiger charge is -2.02. The van der Waals surface area contributed by atoms with Gasteiger partial charge in [0.25, 0.3) is 0 Å². The van der Waals surface area contributed by atoms with Crippen molar-refractivity contribution >= 4 is 0 Å². The van der Waals surface area contributed by atoms with Gasteiger partial charge in [-0.2, -0.15) is 0 Å². The zero-order valence-electron chi connectivity index (χ0n) is 19.2. The summed E-state index contributed by atoms with van der Waals surface area (Å²) in [5.74, 6) is 12.2. The normalized spacial score (nSPS) is 10.1. The Morgan fingerprint density at radius 3 is 1.62 bits per heavy atom. The van der Waals surface area contributed by atoms with E-state index in [0.717, 1.165) is 41.5 Å². The van der Waals surface area contributed by atoms with Crippen molar-refractivity contribution in [2.24, 2.45) is 0 Å². The maximum atomic E-state index is 14.4. The minimum Gasteiger partial charge on any atom is -0.206 e. The lowest BCUT2D eigenvalue weighted by atomic mass is 10.0. The standard InChI is InChI=1S/C31H31F/c1-3-5-7-9-29-21-23-30(31(32)24-29)22-20-28-18-16-27(17-19-28)15-14-26-12-10-25(11-13-26)8-6-4-2/h10-13,16-19,21,23-24H,3-9H2,1-2H3. The van der Waals surface area contributed by atoms with E-state index < -0.39 is 0 Å². The Morgan fingerprint density at radius 1 is 0.562 bits per heavy atom. The van der Waals surface area contributed by atoms with Gasteiger partial charge in [-0.1, -0.05) is 75.0 Å². The average Bonchev–Trinajstić information content (AvgIpc) is 2.82. The number of benzene rings is 3. The van der Waals surface area contributed by atoms with Crippen LogP contribution in [0.5, 0.6) is 0 Å². The molecule has 0 radical (unpaired) electrons. The van der Waals surface area contributed by atoms with E-state index in [1.165, 1.54) is 31.2 Å². The number of unbranched alkanes of at least 4 members (excludes halogenated alkanes) is 3. The van der Waals surface area contributed by atoms with Gasteiger partial charge in [-0.3, -0.25) is 0 Å². The molecule has 0 saturated carbocycles. The van der Waals surface area contributed by atoms with Gasteiger partial charge in [-0.15, -0.1) is 0 Å². The molecule has 3 aromatic rings. The summed E-state index contributed by atoms with van der Waals surface area (Å²) in [5.41, 5.74) is 5.65. The van der Waals surface area contributed by atoms with E-state index in [-0.39, 0.29) is 5.82 Å². The second-order valence-corrected chi connectivity index (χ2v) is 8.15. The lowest BCUT2D eigenvalue weighted by molar-refractivity contribution is 0.619. The van der Waals surface area contributed by atoms with Crippen LogP contribution in [-0.2, 0) is 12.8 Å². The van der Waals surface area contributed by atoms with Crippen LogP contribution in [0, 0.1) is 29.5 Å². The molecule has 3 aromatic carbocycles. The van der Waals surface area contributed by atoms with Crippen LogP contribution in [0.25, 0.3) is 0 Å². The summed E-state index contributed by atoms with van der Waals surface area (Å²) < 4.78 is 14.4. The molecule has 162 valence electrons. The van der Waals surface area contributed by atoms with Gasteiger partial charge < -0.3 is 0 Å². The number of halogens is 1. The van der Waals surface area contributed by atoms with Crippen molar-refractivity contribution in [2.45, 2.75) is 58.8 Å². The molecule has 3 rings (SSSR count). The predicted octanol–water partition coefficient (Wildman–Crippen LogP) is 7.70. The molecule has 0 aliphatic carbocycles. The summed E-state index contributed by atoms with van der Waals surface area (Å²) in [6.07, 6.45) is 7.92. The first-order chi connectivity index (χ1) is 15.7. The minimum absolute atomic E-state index is 0.241. The van der Waals surface area contributed by atoms with Crippen molar-refractivity contribution in [3.63, 3.8) is 0 Å². The molecule has 0 aliphatic heterocycles. The molecule has 0 N–H and O–H groups in total. The monoisotopic (exact) mass is 422 g/mol. The molecule has 0 amide bonds. The molecule has 0 atom stereocenters. The van der Waals surface area contributed by atoms with Crippen molar-refractivity contribution in [3.8, 4) is 23.7 Å². The molecule has 0 aliphatic rings. The maximum Gasteiger partial charge on any atom is 0.139 e. The summed E-state index contributed by atoms with van der Waals surface area (Å²) in [7, 11) is 0. The third-order valence-electron chi connectivity index (χ3n) is 5.45. The largest absolute Gasteiger partial charge is 0.206 e. The number of hydrogen-bond acceptors (Lipinski definition) is 0. The Bertz CT molecular complexity index is 1110. The Labute approximate surface area is 192 Å². The summed E-state index contributed by atoms with van der Waals surface area (Å²) in [6.45, 7) is 4.38. The summed E-state index contributed by atoms with van der Waals surface area (Å²) in [5, 5.41) is 0. The van der Waals surface area contributed by atoms with Gasteiger partial charge in [0.1, 0.15) is 5.82 Å². The van der Waals surface area contributed by atoms with Crippen LogP contribution in [0.1, 0.15) is 79.3 Å². The van der Waals surface area contributed by atoms with Crippen LogP contribution in [-0.4, -0.2) is 0 Å². The van der Waals surface area contributed by atoms with Crippen molar-refractivity contribution in [2.75, 3.05) is 0 Å². The molecule has 0 spiro atoms. The fourth-order valence-corrected chi connectivity index (χ4v) is 3.45. The van der Waals surface area contributed by atoms with E-state index in [4.69, 9.17) is 0 Å². The smallest absolute Gasteiger partial charge is 0.139 e. The van der Waals surface area contributed by atoms with Crippen molar-refractivity contribution in [1.82, 2.24) is 0 Å². The van der Waals surface area contributed by atoms with Crippen LogP contribution < -0.4 is 0 Å². The van der Waals surface area contributed by atoms with E-state index in [1.807, 2.05) is 30.3 Å². The summed E-state index contributed by atoms with van der Waals surface area (Å²) in [4.78, 5) is 0. The third kappa shape index (κ3) is 7.44. The van der Waals surface area contributed by atoms with E-state index in [2.05, 4.69) is 61.8 Å². The highest BCUT2D eigenvalue weighted by Crippen LogP contribution is 2.13. The van der Waals surface area contributed by atoms with Gasteiger partial charge in [0, 0.05) is 16.7 Å². The van der Waals surface area contributed by atoms with Gasteiger partial charge in [0.05, 0.1) is 5.56 Å². The van der Waals surface area contributed by atoms with E-state index in [9.17, 15) is 4.39 Å². The van der Waals surface area contributed by atoms with Crippen LogP contribution in [0.15, 0.2) is 66.7 Å². The lowest BCUT2D eigenvalue weighted by Crippen LogP contribution is -1.90.